The highest BCUT2D eigenvalue weighted by Crippen LogP contribution is 2.29. The Bertz CT molecular complexity index is 1260. The number of hydrogen-bond donors (Lipinski definition) is 3. The van der Waals surface area contributed by atoms with Gasteiger partial charge in [-0.15, -0.1) is 13.2 Å². The summed E-state index contributed by atoms with van der Waals surface area (Å²) < 4.78 is 40.6. The van der Waals surface area contributed by atoms with E-state index >= 15 is 0 Å². The molecule has 0 spiro atoms. The third-order valence-corrected chi connectivity index (χ3v) is 6.45. The molecule has 10 heteroatoms. The molecule has 3 aromatic rings. The first-order valence-corrected chi connectivity index (χ1v) is 11.9. The molecule has 0 aliphatic heterocycles. The van der Waals surface area contributed by atoms with Crippen molar-refractivity contribution in [3.05, 3.63) is 77.9 Å². The van der Waals surface area contributed by atoms with Gasteiger partial charge in [-0.05, 0) is 72.7 Å². The van der Waals surface area contributed by atoms with Gasteiger partial charge in [0.15, 0.2) is 0 Å². The van der Waals surface area contributed by atoms with Crippen molar-refractivity contribution in [1.29, 1.82) is 0 Å². The van der Waals surface area contributed by atoms with Crippen LogP contribution in [0.2, 0.25) is 0 Å². The van der Waals surface area contributed by atoms with E-state index in [0.29, 0.717) is 37.8 Å². The molecule has 0 atom stereocenters. The predicted molar refractivity (Wildman–Crippen MR) is 130 cm³/mol. The van der Waals surface area contributed by atoms with Gasteiger partial charge in [-0.1, -0.05) is 36.4 Å². The van der Waals surface area contributed by atoms with Gasteiger partial charge in [0.1, 0.15) is 5.75 Å². The molecule has 1 aliphatic carbocycles. The lowest BCUT2D eigenvalue weighted by Gasteiger charge is -2.28. The van der Waals surface area contributed by atoms with Crippen molar-refractivity contribution in [1.82, 2.24) is 16.2 Å². The minimum atomic E-state index is -4.79. The Morgan fingerprint density at radius 2 is 1.49 bits per heavy atom. The van der Waals surface area contributed by atoms with Gasteiger partial charge in [0, 0.05) is 23.6 Å². The van der Waals surface area contributed by atoms with E-state index in [9.17, 15) is 27.6 Å². The molecule has 4 rings (SSSR count). The number of carbonyl (C=O) groups is 3. The first-order chi connectivity index (χ1) is 17.7. The van der Waals surface area contributed by atoms with Crippen LogP contribution in [0.15, 0.2) is 66.7 Å². The Labute approximate surface area is 211 Å². The van der Waals surface area contributed by atoms with Crippen molar-refractivity contribution in [2.24, 2.45) is 11.8 Å². The fourth-order valence-corrected chi connectivity index (χ4v) is 4.49. The van der Waals surface area contributed by atoms with E-state index in [-0.39, 0.29) is 29.2 Å². The Morgan fingerprint density at radius 1 is 0.811 bits per heavy atom. The van der Waals surface area contributed by atoms with Crippen LogP contribution in [0.1, 0.15) is 46.4 Å². The standard InChI is InChI=1S/C27H26F3N3O4/c28-27(29,30)37-21-14-12-19(13-15-21)24(34)31-16-17-8-10-20(11-9-17)25(35)32-33-26(36)23-7-3-5-18-4-1-2-6-22(18)23/h1-7,12-15,17,20H,8-11,16H2,(H,31,34)(H,32,35)(H,33,36). The van der Waals surface area contributed by atoms with E-state index in [4.69, 9.17) is 0 Å². The average molecular weight is 514 g/mol. The van der Waals surface area contributed by atoms with Crippen LogP contribution in [0.5, 0.6) is 5.75 Å². The van der Waals surface area contributed by atoms with Crippen molar-refractivity contribution in [2.45, 2.75) is 32.0 Å². The molecule has 194 valence electrons. The summed E-state index contributed by atoms with van der Waals surface area (Å²) in [4.78, 5) is 37.5. The van der Waals surface area contributed by atoms with Crippen LogP contribution in [0.3, 0.4) is 0 Å². The van der Waals surface area contributed by atoms with E-state index in [1.165, 1.54) is 12.1 Å². The molecule has 0 unspecified atom stereocenters. The van der Waals surface area contributed by atoms with Gasteiger partial charge < -0.3 is 10.1 Å². The van der Waals surface area contributed by atoms with Crippen molar-refractivity contribution in [3.8, 4) is 5.75 Å². The molecule has 1 fully saturated rings. The molecule has 0 aromatic heterocycles. The number of ether oxygens (including phenoxy) is 1. The van der Waals surface area contributed by atoms with Crippen LogP contribution in [0.25, 0.3) is 10.8 Å². The maximum atomic E-state index is 12.6. The number of amides is 3. The van der Waals surface area contributed by atoms with Gasteiger partial charge in [-0.25, -0.2) is 0 Å². The molecule has 3 N–H and O–H groups in total. The van der Waals surface area contributed by atoms with Gasteiger partial charge in [0.05, 0.1) is 0 Å². The highest BCUT2D eigenvalue weighted by Gasteiger charge is 2.31. The summed E-state index contributed by atoms with van der Waals surface area (Å²) in [6.45, 7) is 0.395. The second-order valence-electron chi connectivity index (χ2n) is 8.97. The number of hydrogen-bond acceptors (Lipinski definition) is 4. The SMILES string of the molecule is O=C(NCC1CCC(C(=O)NNC(=O)c2cccc3ccccc23)CC1)c1ccc(OC(F)(F)F)cc1. The number of rotatable bonds is 6. The topological polar surface area (TPSA) is 96.5 Å². The van der Waals surface area contributed by atoms with Crippen LogP contribution < -0.4 is 20.9 Å². The number of nitrogens with one attached hydrogen (secondary N) is 3. The smallest absolute Gasteiger partial charge is 0.406 e. The number of fused-ring (bicyclic) bond motifs is 1. The zero-order valence-corrected chi connectivity index (χ0v) is 19.8. The molecule has 7 nitrogen and oxygen atoms in total. The van der Waals surface area contributed by atoms with E-state index < -0.39 is 18.0 Å². The minimum Gasteiger partial charge on any atom is -0.406 e. The van der Waals surface area contributed by atoms with E-state index in [1.54, 1.807) is 12.1 Å². The molecule has 3 aromatic carbocycles. The average Bonchev–Trinajstić information content (AvgIpc) is 2.89. The number of benzene rings is 3. The summed E-state index contributed by atoms with van der Waals surface area (Å²) >= 11 is 0. The van der Waals surface area contributed by atoms with Crippen molar-refractivity contribution in [3.63, 3.8) is 0 Å². The maximum absolute atomic E-state index is 12.6. The zero-order chi connectivity index (χ0) is 26.4. The Morgan fingerprint density at radius 3 is 2.19 bits per heavy atom. The lowest BCUT2D eigenvalue weighted by molar-refractivity contribution is -0.274. The number of hydrazine groups is 1. The van der Waals surface area contributed by atoms with Crippen LogP contribution in [0.4, 0.5) is 13.2 Å². The molecule has 37 heavy (non-hydrogen) atoms. The Hall–Kier alpha value is -4.08. The second kappa shape index (κ2) is 11.3. The summed E-state index contributed by atoms with van der Waals surface area (Å²) in [6.07, 6.45) is -2.14. The quantitative estimate of drug-likeness (QED) is 0.415. The van der Waals surface area contributed by atoms with E-state index in [2.05, 4.69) is 20.9 Å². The number of carbonyl (C=O) groups excluding carboxylic acids is 3. The molecule has 0 saturated heterocycles. The largest absolute Gasteiger partial charge is 0.573 e. The third kappa shape index (κ3) is 6.99. The summed E-state index contributed by atoms with van der Waals surface area (Å²) in [5.41, 5.74) is 5.74. The van der Waals surface area contributed by atoms with Crippen LogP contribution in [-0.2, 0) is 4.79 Å². The molecule has 0 heterocycles. The van der Waals surface area contributed by atoms with Gasteiger partial charge in [-0.3, -0.25) is 25.2 Å². The fourth-order valence-electron chi connectivity index (χ4n) is 4.49. The molecular weight excluding hydrogens is 487 g/mol. The van der Waals surface area contributed by atoms with Gasteiger partial charge in [0.2, 0.25) is 5.91 Å². The molecule has 1 saturated carbocycles. The monoisotopic (exact) mass is 513 g/mol. The van der Waals surface area contributed by atoms with Crippen LogP contribution in [-0.4, -0.2) is 30.6 Å². The molecular formula is C27H26F3N3O4. The first-order valence-electron chi connectivity index (χ1n) is 11.9. The number of alkyl halides is 3. The van der Waals surface area contributed by atoms with Crippen molar-refractivity contribution < 1.29 is 32.3 Å². The van der Waals surface area contributed by atoms with Crippen molar-refractivity contribution in [2.75, 3.05) is 6.54 Å². The van der Waals surface area contributed by atoms with Crippen LogP contribution >= 0.6 is 0 Å². The highest BCUT2D eigenvalue weighted by molar-refractivity contribution is 6.07. The highest BCUT2D eigenvalue weighted by atomic mass is 19.4. The summed E-state index contributed by atoms with van der Waals surface area (Å²) in [6, 6.07) is 17.6. The predicted octanol–water partition coefficient (Wildman–Crippen LogP) is 4.74. The fraction of sp³-hybridized carbons (Fsp3) is 0.296. The molecule has 1 aliphatic rings. The lowest BCUT2D eigenvalue weighted by atomic mass is 9.81. The Kier molecular flexibility index (Phi) is 7.95. The zero-order valence-electron chi connectivity index (χ0n) is 19.8. The maximum Gasteiger partial charge on any atom is 0.573 e. The van der Waals surface area contributed by atoms with Gasteiger partial charge >= 0.3 is 6.36 Å². The molecule has 3 amide bonds. The first kappa shape index (κ1) is 26.0. The van der Waals surface area contributed by atoms with Gasteiger partial charge in [-0.2, -0.15) is 0 Å². The summed E-state index contributed by atoms with van der Waals surface area (Å²) in [5, 5.41) is 4.52. The van der Waals surface area contributed by atoms with E-state index in [0.717, 1.165) is 22.9 Å². The summed E-state index contributed by atoms with van der Waals surface area (Å²) in [7, 11) is 0. The van der Waals surface area contributed by atoms with E-state index in [1.807, 2.05) is 30.3 Å². The van der Waals surface area contributed by atoms with Gasteiger partial charge in [0.25, 0.3) is 11.8 Å². The normalized spacial score (nSPS) is 17.6. The molecule has 0 radical (unpaired) electrons. The second-order valence-corrected chi connectivity index (χ2v) is 8.97. The minimum absolute atomic E-state index is 0.172. The third-order valence-electron chi connectivity index (χ3n) is 6.45. The number of halogens is 3. The molecule has 0 bridgehead atoms. The lowest BCUT2D eigenvalue weighted by Crippen LogP contribution is -2.45. The summed E-state index contributed by atoms with van der Waals surface area (Å²) in [5.74, 6) is -1.51. The Balaban J connectivity index is 1.19. The van der Waals surface area contributed by atoms with Crippen LogP contribution in [0, 0.1) is 11.8 Å². The van der Waals surface area contributed by atoms with Crippen molar-refractivity contribution >= 4 is 28.5 Å².